The molecule has 0 heterocycles. The molecule has 1 radical (unpaired) electrons. The molecule has 27 heavy (non-hydrogen) atoms. The van der Waals surface area contributed by atoms with E-state index in [9.17, 15) is 5.26 Å². The van der Waals surface area contributed by atoms with Gasteiger partial charge in [-0.3, -0.25) is 0 Å². The summed E-state index contributed by atoms with van der Waals surface area (Å²) in [4.78, 5) is 2.33. The molecule has 3 heteroatoms. The molecule has 0 amide bonds. The first-order valence-electron chi connectivity index (χ1n) is 11.1. The molecule has 0 spiro atoms. The maximum atomic E-state index is 10.6. The number of rotatable bonds is 14. The van der Waals surface area contributed by atoms with Crippen molar-refractivity contribution in [2.45, 2.75) is 96.8 Å². The molecular formula is C24H40BN2. The average Bonchev–Trinajstić information content (AvgIpc) is 2.71. The first-order valence-corrected chi connectivity index (χ1v) is 11.1. The molecule has 1 aromatic carbocycles. The van der Waals surface area contributed by atoms with E-state index in [0.717, 1.165) is 38.5 Å². The third-order valence-corrected chi connectivity index (χ3v) is 6.14. The minimum Gasteiger partial charge on any atom is -0.347 e. The van der Waals surface area contributed by atoms with Gasteiger partial charge in [0.2, 0.25) is 7.41 Å². The van der Waals surface area contributed by atoms with E-state index < -0.39 is 5.41 Å². The highest BCUT2D eigenvalue weighted by Crippen LogP contribution is 2.43. The second-order valence-corrected chi connectivity index (χ2v) is 8.00. The monoisotopic (exact) mass is 367 g/mol. The van der Waals surface area contributed by atoms with Crippen molar-refractivity contribution >= 4 is 7.41 Å². The van der Waals surface area contributed by atoms with Gasteiger partial charge in [-0.2, -0.15) is 5.26 Å². The Morgan fingerprint density at radius 2 is 1.67 bits per heavy atom. The zero-order chi connectivity index (χ0) is 20.1. The van der Waals surface area contributed by atoms with E-state index in [4.69, 9.17) is 0 Å². The predicted molar refractivity (Wildman–Crippen MR) is 119 cm³/mol. The molecular weight excluding hydrogens is 327 g/mol. The summed E-state index contributed by atoms with van der Waals surface area (Å²) in [6.07, 6.45) is 10.3. The number of nitrogens with zero attached hydrogens (tertiary/aromatic N) is 2. The van der Waals surface area contributed by atoms with Crippen molar-refractivity contribution in [2.75, 3.05) is 7.05 Å². The fourth-order valence-electron chi connectivity index (χ4n) is 4.45. The van der Waals surface area contributed by atoms with Crippen LogP contribution in [0.5, 0.6) is 0 Å². The number of nitriles is 1. The number of hydrogen-bond acceptors (Lipinski definition) is 2. The minimum absolute atomic E-state index is 0.401. The molecule has 0 bridgehead atoms. The summed E-state index contributed by atoms with van der Waals surface area (Å²) in [5.74, 6) is 0.422. The molecule has 0 aromatic heterocycles. The quantitative estimate of drug-likeness (QED) is 0.273. The van der Waals surface area contributed by atoms with Crippen molar-refractivity contribution in [2.24, 2.45) is 5.92 Å². The van der Waals surface area contributed by atoms with E-state index >= 15 is 0 Å². The predicted octanol–water partition coefficient (Wildman–Crippen LogP) is 6.60. The standard InChI is InChI=1S/C24H40BN2/c1-6-9-11-16-21(14-7-2)24(20-26,22-17-12-10-13-18-22)19-23(15-8-3)27(5)25-4/h10,12-13,17-18,21,23H,6-9,11,14-16,19H2,1-5H3/t21?,23-,24?/m0/s1. The molecule has 0 fully saturated rings. The van der Waals surface area contributed by atoms with E-state index in [2.05, 4.69) is 83.3 Å². The molecule has 3 atom stereocenters. The summed E-state index contributed by atoms with van der Waals surface area (Å²) in [7, 11) is 4.33. The molecule has 0 aliphatic carbocycles. The molecule has 0 aliphatic rings. The van der Waals surface area contributed by atoms with Gasteiger partial charge in [0.1, 0.15) is 0 Å². The molecule has 2 unspecified atom stereocenters. The first kappa shape index (κ1) is 23.8. The van der Waals surface area contributed by atoms with Crippen LogP contribution in [0.4, 0.5) is 0 Å². The van der Waals surface area contributed by atoms with Gasteiger partial charge >= 0.3 is 0 Å². The smallest absolute Gasteiger partial charge is 0.205 e. The molecule has 1 aromatic rings. The van der Waals surface area contributed by atoms with Crippen molar-refractivity contribution in [3.05, 3.63) is 35.9 Å². The Labute approximate surface area is 169 Å². The van der Waals surface area contributed by atoms with Crippen LogP contribution in [0, 0.1) is 17.2 Å². The lowest BCUT2D eigenvalue weighted by molar-refractivity contribution is 0.213. The number of benzene rings is 1. The van der Waals surface area contributed by atoms with Crippen LogP contribution in [0.3, 0.4) is 0 Å². The summed E-state index contributed by atoms with van der Waals surface area (Å²) < 4.78 is 0. The molecule has 1 rings (SSSR count). The summed E-state index contributed by atoms with van der Waals surface area (Å²) in [6.45, 7) is 8.87. The molecule has 0 aliphatic heterocycles. The Bertz CT molecular complexity index is 539. The van der Waals surface area contributed by atoms with Gasteiger partial charge in [-0.15, -0.1) is 0 Å². The second kappa shape index (κ2) is 13.0. The van der Waals surface area contributed by atoms with Crippen LogP contribution >= 0.6 is 0 Å². The largest absolute Gasteiger partial charge is 0.347 e. The van der Waals surface area contributed by atoms with Gasteiger partial charge < -0.3 is 4.81 Å². The molecule has 0 saturated heterocycles. The van der Waals surface area contributed by atoms with Crippen molar-refractivity contribution in [1.82, 2.24) is 4.81 Å². The highest BCUT2D eigenvalue weighted by atomic mass is 15.0. The Kier molecular flexibility index (Phi) is 11.4. The van der Waals surface area contributed by atoms with Crippen LogP contribution in [0.15, 0.2) is 30.3 Å². The van der Waals surface area contributed by atoms with Gasteiger partial charge in [0.05, 0.1) is 11.5 Å². The highest BCUT2D eigenvalue weighted by Gasteiger charge is 2.42. The van der Waals surface area contributed by atoms with E-state index in [1.54, 1.807) is 0 Å². The normalized spacial score (nSPS) is 15.7. The second-order valence-electron chi connectivity index (χ2n) is 8.00. The maximum absolute atomic E-state index is 10.6. The third kappa shape index (κ3) is 6.68. The Balaban J connectivity index is 3.33. The van der Waals surface area contributed by atoms with Gasteiger partial charge in [-0.25, -0.2) is 0 Å². The van der Waals surface area contributed by atoms with E-state index in [-0.39, 0.29) is 0 Å². The van der Waals surface area contributed by atoms with Crippen LogP contribution in [-0.4, -0.2) is 25.3 Å². The van der Waals surface area contributed by atoms with Gasteiger partial charge in [0.15, 0.2) is 0 Å². The lowest BCUT2D eigenvalue weighted by Gasteiger charge is -2.41. The van der Waals surface area contributed by atoms with Gasteiger partial charge in [0.25, 0.3) is 0 Å². The van der Waals surface area contributed by atoms with Crippen LogP contribution in [0.25, 0.3) is 0 Å². The lowest BCUT2D eigenvalue weighted by Crippen LogP contribution is -2.43. The fraction of sp³-hybridized carbons (Fsp3) is 0.708. The number of unbranched alkanes of at least 4 members (excludes halogenated alkanes) is 2. The molecule has 0 saturated carbocycles. The van der Waals surface area contributed by atoms with E-state index in [1.165, 1.54) is 24.8 Å². The van der Waals surface area contributed by atoms with Crippen molar-refractivity contribution < 1.29 is 0 Å². The van der Waals surface area contributed by atoms with E-state index in [1.807, 2.05) is 0 Å². The zero-order valence-electron chi connectivity index (χ0n) is 18.4. The average molecular weight is 367 g/mol. The summed E-state index contributed by atoms with van der Waals surface area (Å²) in [5.41, 5.74) is 0.815. The van der Waals surface area contributed by atoms with Crippen LogP contribution in [-0.2, 0) is 5.41 Å². The van der Waals surface area contributed by atoms with Crippen LogP contribution < -0.4 is 0 Å². The van der Waals surface area contributed by atoms with Gasteiger partial charge in [0, 0.05) is 6.04 Å². The minimum atomic E-state index is -0.401. The molecule has 2 nitrogen and oxygen atoms in total. The van der Waals surface area contributed by atoms with E-state index in [0.29, 0.717) is 12.0 Å². The third-order valence-electron chi connectivity index (χ3n) is 6.14. The molecule has 0 N–H and O–H groups in total. The van der Waals surface area contributed by atoms with Crippen LogP contribution in [0.1, 0.15) is 84.1 Å². The Morgan fingerprint density at radius 1 is 1.00 bits per heavy atom. The lowest BCUT2D eigenvalue weighted by atomic mass is 9.63. The highest BCUT2D eigenvalue weighted by molar-refractivity contribution is 6.29. The summed E-state index contributed by atoms with van der Waals surface area (Å²) >= 11 is 0. The topological polar surface area (TPSA) is 27.0 Å². The van der Waals surface area contributed by atoms with Crippen molar-refractivity contribution in [3.8, 4) is 6.07 Å². The maximum Gasteiger partial charge on any atom is 0.205 e. The first-order chi connectivity index (χ1) is 13.1. The van der Waals surface area contributed by atoms with Crippen molar-refractivity contribution in [1.29, 1.82) is 5.26 Å². The van der Waals surface area contributed by atoms with Gasteiger partial charge in [-0.1, -0.05) is 90.0 Å². The van der Waals surface area contributed by atoms with Gasteiger partial charge in [-0.05, 0) is 44.2 Å². The number of hydrogen-bond donors (Lipinski definition) is 0. The Morgan fingerprint density at radius 3 is 2.19 bits per heavy atom. The fourth-order valence-corrected chi connectivity index (χ4v) is 4.45. The van der Waals surface area contributed by atoms with Crippen molar-refractivity contribution in [3.63, 3.8) is 0 Å². The summed E-state index contributed by atoms with van der Waals surface area (Å²) in [6, 6.07) is 13.9. The summed E-state index contributed by atoms with van der Waals surface area (Å²) in [5, 5.41) is 10.6. The van der Waals surface area contributed by atoms with Crippen LogP contribution in [0.2, 0.25) is 6.82 Å². The SMILES string of the molecule is C[B]N(C)[C@@H](CCC)CC(C#N)(c1ccccc1)C(CCC)CCCCC. The molecule has 149 valence electrons. The Hall–Kier alpha value is -1.27. The zero-order valence-corrected chi connectivity index (χ0v) is 18.4.